The van der Waals surface area contributed by atoms with Crippen molar-refractivity contribution in [2.75, 3.05) is 12.4 Å². The van der Waals surface area contributed by atoms with Gasteiger partial charge in [-0.15, -0.1) is 0 Å². The van der Waals surface area contributed by atoms with Crippen LogP contribution < -0.4 is 15.6 Å². The first-order valence-corrected chi connectivity index (χ1v) is 12.7. The number of aromatic nitrogens is 2. The molecule has 2 aromatic carbocycles. The van der Waals surface area contributed by atoms with Crippen molar-refractivity contribution >= 4 is 23.4 Å². The molecule has 2 N–H and O–H groups in total. The molecule has 1 aliphatic carbocycles. The van der Waals surface area contributed by atoms with Crippen molar-refractivity contribution < 1.29 is 9.53 Å². The molecule has 0 bridgehead atoms. The molecule has 6 nitrogen and oxygen atoms in total. The van der Waals surface area contributed by atoms with E-state index in [9.17, 15) is 9.59 Å². The third-order valence-corrected chi connectivity index (χ3v) is 7.57. The number of benzene rings is 2. The first kappa shape index (κ1) is 23.4. The molecule has 0 radical (unpaired) electrons. The fourth-order valence-electron chi connectivity index (χ4n) is 4.95. The van der Waals surface area contributed by atoms with Crippen molar-refractivity contribution in [3.63, 3.8) is 0 Å². The van der Waals surface area contributed by atoms with Crippen molar-refractivity contribution in [3.8, 4) is 5.75 Å². The highest BCUT2D eigenvalue weighted by molar-refractivity contribution is 7.98. The van der Waals surface area contributed by atoms with Gasteiger partial charge in [-0.05, 0) is 42.0 Å². The van der Waals surface area contributed by atoms with Crippen molar-refractivity contribution in [1.29, 1.82) is 0 Å². The van der Waals surface area contributed by atoms with Gasteiger partial charge < -0.3 is 15.0 Å². The van der Waals surface area contributed by atoms with Crippen molar-refractivity contribution in [2.45, 2.75) is 50.4 Å². The van der Waals surface area contributed by atoms with E-state index < -0.39 is 5.92 Å². The summed E-state index contributed by atoms with van der Waals surface area (Å²) in [5.74, 6) is 1.48. The number of methoxy groups -OCH3 is 1. The second-order valence-electron chi connectivity index (χ2n) is 10.1. The molecular weight excluding hydrogens is 458 g/mol. The number of ether oxygens (including phenoxy) is 1. The van der Waals surface area contributed by atoms with Gasteiger partial charge in [0.05, 0.1) is 12.7 Å². The molecule has 1 aliphatic heterocycles. The number of carbonyl (C=O) groups is 1. The number of anilines is 1. The van der Waals surface area contributed by atoms with Crippen LogP contribution in [0.25, 0.3) is 0 Å². The fourth-order valence-corrected chi connectivity index (χ4v) is 5.77. The summed E-state index contributed by atoms with van der Waals surface area (Å²) in [5.41, 5.74) is 4.82. The zero-order chi connectivity index (χ0) is 24.7. The Balaban J connectivity index is 1.58. The second kappa shape index (κ2) is 9.04. The Morgan fingerprint density at radius 1 is 1.11 bits per heavy atom. The molecule has 0 spiro atoms. The molecular formula is C28H29N3O3S. The minimum Gasteiger partial charge on any atom is -0.497 e. The average Bonchev–Trinajstić information content (AvgIpc) is 2.81. The van der Waals surface area contributed by atoms with Crippen molar-refractivity contribution in [1.82, 2.24) is 9.97 Å². The van der Waals surface area contributed by atoms with Gasteiger partial charge in [-0.3, -0.25) is 9.59 Å². The maximum atomic E-state index is 13.5. The van der Waals surface area contributed by atoms with Crippen molar-refractivity contribution in [3.05, 3.63) is 92.4 Å². The van der Waals surface area contributed by atoms with Gasteiger partial charge in [-0.25, -0.2) is 4.98 Å². The van der Waals surface area contributed by atoms with E-state index in [1.54, 1.807) is 7.11 Å². The molecule has 2 aliphatic rings. The summed E-state index contributed by atoms with van der Waals surface area (Å²) in [5, 5.41) is 3.94. The van der Waals surface area contributed by atoms with Gasteiger partial charge >= 0.3 is 0 Å². The molecule has 7 heteroatoms. The topological polar surface area (TPSA) is 84.1 Å². The van der Waals surface area contributed by atoms with Gasteiger partial charge in [-0.1, -0.05) is 67.6 Å². The number of thioether (sulfide) groups is 1. The molecule has 1 atom stereocenters. The van der Waals surface area contributed by atoms with Crippen LogP contribution >= 0.6 is 11.8 Å². The predicted molar refractivity (Wildman–Crippen MR) is 139 cm³/mol. The summed E-state index contributed by atoms with van der Waals surface area (Å²) in [6, 6.07) is 15.9. The largest absolute Gasteiger partial charge is 0.497 e. The number of aryl methyl sites for hydroxylation is 1. The lowest BCUT2D eigenvalue weighted by Crippen LogP contribution is -2.37. The third-order valence-electron chi connectivity index (χ3n) is 6.62. The van der Waals surface area contributed by atoms with Gasteiger partial charge in [0.1, 0.15) is 11.6 Å². The SMILES string of the molecule is COc1cccc(C2C3=C(CC(C)(C)CC3=O)Nc3nc(SCc4ccc(C)cc4)[nH]c(=O)c32)c1. The summed E-state index contributed by atoms with van der Waals surface area (Å²) < 4.78 is 5.44. The second-order valence-corrected chi connectivity index (χ2v) is 11.0. The van der Waals surface area contributed by atoms with E-state index >= 15 is 0 Å². The van der Waals surface area contributed by atoms with Gasteiger partial charge in [0.25, 0.3) is 5.56 Å². The Morgan fingerprint density at radius 2 is 1.89 bits per heavy atom. The average molecular weight is 488 g/mol. The molecule has 0 saturated carbocycles. The van der Waals surface area contributed by atoms with E-state index in [-0.39, 0.29) is 16.8 Å². The number of fused-ring (bicyclic) bond motifs is 1. The number of nitrogens with zero attached hydrogens (tertiary/aromatic N) is 1. The van der Waals surface area contributed by atoms with Crippen LogP contribution in [0.1, 0.15) is 54.9 Å². The van der Waals surface area contributed by atoms with E-state index in [1.165, 1.54) is 17.3 Å². The Bertz CT molecular complexity index is 1390. The van der Waals surface area contributed by atoms with Crippen LogP contribution in [0.5, 0.6) is 5.75 Å². The fraction of sp³-hybridized carbons (Fsp3) is 0.321. The molecule has 180 valence electrons. The number of allylic oxidation sites excluding steroid dienone is 2. The quantitative estimate of drug-likeness (QED) is 0.361. The maximum absolute atomic E-state index is 13.5. The molecule has 1 aromatic heterocycles. The summed E-state index contributed by atoms with van der Waals surface area (Å²) in [4.78, 5) is 34.6. The van der Waals surface area contributed by atoms with Gasteiger partial charge in [-0.2, -0.15) is 0 Å². The minimum absolute atomic E-state index is 0.0689. The Labute approximate surface area is 209 Å². The number of rotatable bonds is 5. The Morgan fingerprint density at radius 3 is 2.63 bits per heavy atom. The molecule has 0 fully saturated rings. The van der Waals surface area contributed by atoms with Crippen LogP contribution in [0.15, 0.2) is 69.8 Å². The highest BCUT2D eigenvalue weighted by Gasteiger charge is 2.42. The number of nitrogens with one attached hydrogen (secondary N) is 2. The zero-order valence-electron chi connectivity index (χ0n) is 20.4. The number of carbonyl (C=O) groups excluding carboxylic acids is 1. The molecule has 3 aromatic rings. The first-order chi connectivity index (χ1) is 16.7. The molecule has 35 heavy (non-hydrogen) atoms. The number of aromatic amines is 1. The molecule has 2 heterocycles. The van der Waals surface area contributed by atoms with Gasteiger partial charge in [0.2, 0.25) is 0 Å². The molecule has 0 amide bonds. The lowest BCUT2D eigenvalue weighted by Gasteiger charge is -2.38. The lowest BCUT2D eigenvalue weighted by molar-refractivity contribution is -0.118. The van der Waals surface area contributed by atoms with Crippen LogP contribution in [-0.4, -0.2) is 22.9 Å². The lowest BCUT2D eigenvalue weighted by atomic mass is 9.69. The number of Topliss-reactive ketones (excluding diaryl/α,β-unsaturated/α-hetero) is 1. The van der Waals surface area contributed by atoms with Crippen LogP contribution in [0.2, 0.25) is 0 Å². The van der Waals surface area contributed by atoms with E-state index in [0.29, 0.717) is 46.5 Å². The van der Waals surface area contributed by atoms with Gasteiger partial charge in [0, 0.05) is 29.4 Å². The van der Waals surface area contributed by atoms with Crippen LogP contribution in [0.4, 0.5) is 5.82 Å². The predicted octanol–water partition coefficient (Wildman–Crippen LogP) is 5.58. The monoisotopic (exact) mass is 487 g/mol. The number of ketones is 1. The van der Waals surface area contributed by atoms with Crippen LogP contribution in [0, 0.1) is 12.3 Å². The normalized spacial score (nSPS) is 18.5. The summed E-state index contributed by atoms with van der Waals surface area (Å²) >= 11 is 1.49. The van der Waals surface area contributed by atoms with E-state index in [4.69, 9.17) is 9.72 Å². The van der Waals surface area contributed by atoms with E-state index in [0.717, 1.165) is 16.8 Å². The first-order valence-electron chi connectivity index (χ1n) is 11.7. The highest BCUT2D eigenvalue weighted by Crippen LogP contribution is 2.48. The molecule has 0 saturated heterocycles. The Kier molecular flexibility index (Phi) is 6.05. The molecule has 1 unspecified atom stereocenters. The molecule has 5 rings (SSSR count). The maximum Gasteiger partial charge on any atom is 0.257 e. The zero-order valence-corrected chi connectivity index (χ0v) is 21.2. The summed E-state index contributed by atoms with van der Waals surface area (Å²) in [7, 11) is 1.61. The Hall–Kier alpha value is -3.32. The van der Waals surface area contributed by atoms with Crippen LogP contribution in [0.3, 0.4) is 0 Å². The van der Waals surface area contributed by atoms with E-state index in [1.807, 2.05) is 24.3 Å². The standard InChI is InChI=1S/C28H29N3O3S/c1-16-8-10-17(11-9-16)15-35-27-30-25-24(26(33)31-27)22(18-6-5-7-19(12-18)34-4)23-20(29-25)13-28(2,3)14-21(23)32/h5-12,22H,13-15H2,1-4H3,(H2,29,30,31,33). The van der Waals surface area contributed by atoms with Crippen molar-refractivity contribution in [2.24, 2.45) is 5.41 Å². The third kappa shape index (κ3) is 4.65. The van der Waals surface area contributed by atoms with E-state index in [2.05, 4.69) is 55.3 Å². The number of hydrogen-bond acceptors (Lipinski definition) is 6. The summed E-state index contributed by atoms with van der Waals surface area (Å²) in [6.07, 6.45) is 1.16. The number of hydrogen-bond donors (Lipinski definition) is 2. The van der Waals surface area contributed by atoms with Gasteiger partial charge in [0.15, 0.2) is 10.9 Å². The van der Waals surface area contributed by atoms with Crippen LogP contribution in [-0.2, 0) is 10.5 Å². The highest BCUT2D eigenvalue weighted by atomic mass is 32.2. The number of H-pyrrole nitrogens is 1. The summed E-state index contributed by atoms with van der Waals surface area (Å²) in [6.45, 7) is 6.26. The smallest absolute Gasteiger partial charge is 0.257 e. The minimum atomic E-state index is -0.493.